The van der Waals surface area contributed by atoms with E-state index >= 15 is 0 Å². The molecule has 120 valence electrons. The van der Waals surface area contributed by atoms with Crippen molar-refractivity contribution in [1.29, 1.82) is 0 Å². The van der Waals surface area contributed by atoms with Crippen molar-refractivity contribution in [3.8, 4) is 0 Å². The summed E-state index contributed by atoms with van der Waals surface area (Å²) in [5, 5.41) is 3.68. The summed E-state index contributed by atoms with van der Waals surface area (Å²) in [6, 6.07) is 0. The molecule has 20 heavy (non-hydrogen) atoms. The van der Waals surface area contributed by atoms with Gasteiger partial charge in [-0.3, -0.25) is 0 Å². The molecule has 2 heteroatoms. The molecule has 0 radical (unpaired) electrons. The van der Waals surface area contributed by atoms with Gasteiger partial charge in [0.2, 0.25) is 0 Å². The lowest BCUT2D eigenvalue weighted by Gasteiger charge is -2.33. The highest BCUT2D eigenvalue weighted by atomic mass is 16.5. The average molecular weight is 284 g/mol. The van der Waals surface area contributed by atoms with E-state index in [9.17, 15) is 0 Å². The van der Waals surface area contributed by atoms with Crippen molar-refractivity contribution in [2.24, 2.45) is 11.3 Å². The summed E-state index contributed by atoms with van der Waals surface area (Å²) < 4.78 is 5.88. The Bertz CT molecular complexity index is 242. The van der Waals surface area contributed by atoms with Gasteiger partial charge in [0.05, 0.1) is 6.10 Å². The van der Waals surface area contributed by atoms with Crippen LogP contribution < -0.4 is 5.32 Å². The molecule has 2 unspecified atom stereocenters. The third-order valence-electron chi connectivity index (χ3n) is 4.89. The van der Waals surface area contributed by atoms with Gasteiger partial charge in [0.1, 0.15) is 0 Å². The van der Waals surface area contributed by atoms with Crippen molar-refractivity contribution in [3.05, 3.63) is 0 Å². The van der Waals surface area contributed by atoms with Crippen LogP contribution in [0.1, 0.15) is 79.1 Å². The van der Waals surface area contributed by atoms with E-state index in [0.29, 0.717) is 11.5 Å². The van der Waals surface area contributed by atoms with Crippen LogP contribution in [0.2, 0.25) is 0 Å². The van der Waals surface area contributed by atoms with Crippen molar-refractivity contribution in [2.45, 2.75) is 85.2 Å². The Morgan fingerprint density at radius 1 is 1.15 bits per heavy atom. The number of unbranched alkanes of at least 4 members (excludes halogenated alkanes) is 5. The number of ether oxygens (including phenoxy) is 1. The van der Waals surface area contributed by atoms with Gasteiger partial charge >= 0.3 is 0 Å². The van der Waals surface area contributed by atoms with Crippen molar-refractivity contribution >= 4 is 0 Å². The number of hydrogen-bond donors (Lipinski definition) is 1. The van der Waals surface area contributed by atoms with Crippen molar-refractivity contribution in [2.75, 3.05) is 19.7 Å². The molecule has 1 rings (SSSR count). The summed E-state index contributed by atoms with van der Waals surface area (Å²) in [6.07, 6.45) is 11.4. The first-order valence-electron chi connectivity index (χ1n) is 8.93. The Morgan fingerprint density at radius 3 is 2.45 bits per heavy atom. The van der Waals surface area contributed by atoms with Crippen molar-refractivity contribution in [3.63, 3.8) is 0 Å². The molecule has 1 heterocycles. The van der Waals surface area contributed by atoms with Crippen LogP contribution >= 0.6 is 0 Å². The van der Waals surface area contributed by atoms with Crippen molar-refractivity contribution in [1.82, 2.24) is 5.32 Å². The smallest absolute Gasteiger partial charge is 0.0616 e. The first-order valence-corrected chi connectivity index (χ1v) is 8.93. The fourth-order valence-electron chi connectivity index (χ4n) is 3.33. The molecule has 1 fully saturated rings. The lowest BCUT2D eigenvalue weighted by molar-refractivity contribution is 0.0566. The van der Waals surface area contributed by atoms with E-state index in [0.717, 1.165) is 25.6 Å². The molecular formula is C18H37NO. The van der Waals surface area contributed by atoms with Gasteiger partial charge in [-0.05, 0) is 32.2 Å². The summed E-state index contributed by atoms with van der Waals surface area (Å²) in [5.74, 6) is 0.735. The minimum Gasteiger partial charge on any atom is -0.378 e. The average Bonchev–Trinajstić information content (AvgIpc) is 2.75. The van der Waals surface area contributed by atoms with Gasteiger partial charge in [-0.25, -0.2) is 0 Å². The lowest BCUT2D eigenvalue weighted by Crippen LogP contribution is -2.40. The molecule has 0 aliphatic carbocycles. The van der Waals surface area contributed by atoms with E-state index in [1.54, 1.807) is 0 Å². The summed E-state index contributed by atoms with van der Waals surface area (Å²) in [4.78, 5) is 0. The van der Waals surface area contributed by atoms with E-state index in [-0.39, 0.29) is 0 Å². The van der Waals surface area contributed by atoms with Crippen LogP contribution in [0.15, 0.2) is 0 Å². The molecule has 2 nitrogen and oxygen atoms in total. The Balaban J connectivity index is 2.28. The summed E-state index contributed by atoms with van der Waals surface area (Å²) >= 11 is 0. The summed E-state index contributed by atoms with van der Waals surface area (Å²) in [6.45, 7) is 12.4. The maximum Gasteiger partial charge on any atom is 0.0616 e. The van der Waals surface area contributed by atoms with Crippen LogP contribution in [0.3, 0.4) is 0 Å². The second-order valence-electron chi connectivity index (χ2n) is 7.17. The molecule has 0 aromatic heterocycles. The number of hydrogen-bond acceptors (Lipinski definition) is 2. The predicted octanol–water partition coefficient (Wildman–Crippen LogP) is 4.78. The largest absolute Gasteiger partial charge is 0.378 e. The highest BCUT2D eigenvalue weighted by molar-refractivity contribution is 4.91. The van der Waals surface area contributed by atoms with Crippen LogP contribution in [0, 0.1) is 11.3 Å². The fraction of sp³-hybridized carbons (Fsp3) is 1.00. The van der Waals surface area contributed by atoms with Gasteiger partial charge in [-0.1, -0.05) is 59.3 Å². The van der Waals surface area contributed by atoms with Gasteiger partial charge in [-0.15, -0.1) is 0 Å². The highest BCUT2D eigenvalue weighted by Crippen LogP contribution is 2.39. The molecular weight excluding hydrogens is 246 g/mol. The second kappa shape index (κ2) is 9.78. The first kappa shape index (κ1) is 18.0. The lowest BCUT2D eigenvalue weighted by atomic mass is 9.77. The Kier molecular flexibility index (Phi) is 8.79. The van der Waals surface area contributed by atoms with Crippen LogP contribution in [0.5, 0.6) is 0 Å². The quantitative estimate of drug-likeness (QED) is 0.551. The van der Waals surface area contributed by atoms with Gasteiger partial charge in [0.25, 0.3) is 0 Å². The van der Waals surface area contributed by atoms with Crippen LogP contribution in [-0.2, 0) is 4.74 Å². The zero-order chi connectivity index (χ0) is 14.8. The molecule has 2 atom stereocenters. The highest BCUT2D eigenvalue weighted by Gasteiger charge is 2.40. The second-order valence-corrected chi connectivity index (χ2v) is 7.17. The molecule has 1 aliphatic heterocycles. The minimum atomic E-state index is 0.402. The monoisotopic (exact) mass is 283 g/mol. The summed E-state index contributed by atoms with van der Waals surface area (Å²) in [7, 11) is 0. The van der Waals surface area contributed by atoms with Gasteiger partial charge in [-0.2, -0.15) is 0 Å². The third-order valence-corrected chi connectivity index (χ3v) is 4.89. The SMILES string of the molecule is CCCCCCCCC1(CNCC(C)C)CCOC1C. The summed E-state index contributed by atoms with van der Waals surface area (Å²) in [5.41, 5.74) is 0.402. The molecule has 0 amide bonds. The Labute approximate surface area is 127 Å². The Hall–Kier alpha value is -0.0800. The maximum atomic E-state index is 5.88. The van der Waals surface area contributed by atoms with E-state index in [4.69, 9.17) is 4.74 Å². The van der Waals surface area contributed by atoms with Crippen LogP contribution in [-0.4, -0.2) is 25.8 Å². The molecule has 1 saturated heterocycles. The zero-order valence-corrected chi connectivity index (χ0v) is 14.3. The first-order chi connectivity index (χ1) is 9.60. The van der Waals surface area contributed by atoms with Gasteiger partial charge in [0, 0.05) is 18.6 Å². The van der Waals surface area contributed by atoms with E-state index < -0.39 is 0 Å². The predicted molar refractivity (Wildman–Crippen MR) is 88.2 cm³/mol. The van der Waals surface area contributed by atoms with Crippen LogP contribution in [0.4, 0.5) is 0 Å². The maximum absolute atomic E-state index is 5.88. The standard InChI is InChI=1S/C18H37NO/c1-5-6-7-8-9-10-11-18(12-13-20-17(18)4)15-19-14-16(2)3/h16-17,19H,5-15H2,1-4H3. The fourth-order valence-corrected chi connectivity index (χ4v) is 3.33. The van der Waals surface area contributed by atoms with Gasteiger partial charge in [0.15, 0.2) is 0 Å². The molecule has 0 spiro atoms. The van der Waals surface area contributed by atoms with E-state index in [2.05, 4.69) is 33.0 Å². The van der Waals surface area contributed by atoms with E-state index in [1.807, 2.05) is 0 Å². The molecule has 0 saturated carbocycles. The molecule has 1 aliphatic rings. The zero-order valence-electron chi connectivity index (χ0n) is 14.3. The molecule has 0 aromatic rings. The molecule has 1 N–H and O–H groups in total. The molecule has 0 aromatic carbocycles. The van der Waals surface area contributed by atoms with E-state index in [1.165, 1.54) is 51.4 Å². The van der Waals surface area contributed by atoms with Gasteiger partial charge < -0.3 is 10.1 Å². The minimum absolute atomic E-state index is 0.402. The number of nitrogens with one attached hydrogen (secondary N) is 1. The molecule has 0 bridgehead atoms. The van der Waals surface area contributed by atoms with Crippen LogP contribution in [0.25, 0.3) is 0 Å². The Morgan fingerprint density at radius 2 is 1.85 bits per heavy atom. The topological polar surface area (TPSA) is 21.3 Å². The normalized spacial score (nSPS) is 26.6. The third kappa shape index (κ3) is 6.13. The number of rotatable bonds is 11. The van der Waals surface area contributed by atoms with Crippen molar-refractivity contribution < 1.29 is 4.74 Å².